The number of hydrogen-bond donors (Lipinski definition) is 3. The number of quaternary nitrogens is 1. The fourth-order valence-electron chi connectivity index (χ4n) is 6.45. The standard InChI is InChI=1S/C25H32N2O3/c1-15-4-3-8-25(2)12-23-19(11-21(15)25)20(24(29)30-23)14-26-9-7-16-13-27-22-6-5-17(28)10-18(16)22/h5-6,10,13,19-21,23,26-28H,1,3-4,7-9,11-12,14H2,2H3/p+1/t19-,20-,21+,23+,25-/m0/s1. The highest BCUT2D eigenvalue weighted by atomic mass is 16.6. The molecule has 2 aliphatic carbocycles. The first-order valence-electron chi connectivity index (χ1n) is 11.4. The van der Waals surface area contributed by atoms with E-state index in [1.165, 1.54) is 24.0 Å². The summed E-state index contributed by atoms with van der Waals surface area (Å²) >= 11 is 0. The molecule has 5 nitrogen and oxygen atoms in total. The number of nitrogens with one attached hydrogen (secondary N) is 1. The first-order valence-corrected chi connectivity index (χ1v) is 11.4. The van der Waals surface area contributed by atoms with E-state index in [-0.39, 0.29) is 23.4 Å². The number of aromatic nitrogens is 1. The SMILES string of the molecule is C=C1CCC[C@@]2(C)C[C@H]3OC(=O)[C@@H](C[NH2+]CCc4c[nH]c5ccc(O)cc45)[C@@H]3C[C@H]12. The van der Waals surface area contributed by atoms with Crippen molar-refractivity contribution in [3.63, 3.8) is 0 Å². The number of benzene rings is 1. The number of carbonyl (C=O) groups excluding carboxylic acids is 1. The van der Waals surface area contributed by atoms with Crippen molar-refractivity contribution >= 4 is 16.9 Å². The van der Waals surface area contributed by atoms with E-state index in [2.05, 4.69) is 23.8 Å². The summed E-state index contributed by atoms with van der Waals surface area (Å²) in [5.74, 6) is 1.18. The fourth-order valence-corrected chi connectivity index (χ4v) is 6.45. The van der Waals surface area contributed by atoms with Crippen LogP contribution in [0.25, 0.3) is 10.9 Å². The van der Waals surface area contributed by atoms with E-state index in [4.69, 9.17) is 4.74 Å². The number of rotatable bonds is 5. The molecule has 5 atom stereocenters. The van der Waals surface area contributed by atoms with Crippen LogP contribution in [-0.2, 0) is 16.0 Å². The molecule has 1 saturated heterocycles. The van der Waals surface area contributed by atoms with Gasteiger partial charge >= 0.3 is 5.97 Å². The van der Waals surface area contributed by atoms with Crippen molar-refractivity contribution < 1.29 is 20.0 Å². The van der Waals surface area contributed by atoms with E-state index in [1.54, 1.807) is 6.07 Å². The molecule has 5 heteroatoms. The summed E-state index contributed by atoms with van der Waals surface area (Å²) in [6, 6.07) is 5.42. The van der Waals surface area contributed by atoms with Crippen LogP contribution in [0.1, 0.15) is 44.6 Å². The lowest BCUT2D eigenvalue weighted by Crippen LogP contribution is -2.86. The highest BCUT2D eigenvalue weighted by Crippen LogP contribution is 2.56. The molecule has 30 heavy (non-hydrogen) atoms. The molecule has 0 amide bonds. The smallest absolute Gasteiger partial charge is 0.315 e. The number of aromatic hydroxyl groups is 1. The molecule has 0 spiro atoms. The molecule has 2 saturated carbocycles. The molecule has 3 fully saturated rings. The van der Waals surface area contributed by atoms with Crippen molar-refractivity contribution in [2.24, 2.45) is 23.2 Å². The predicted molar refractivity (Wildman–Crippen MR) is 116 cm³/mol. The lowest BCUT2D eigenvalue weighted by atomic mass is 9.55. The third kappa shape index (κ3) is 3.33. The lowest BCUT2D eigenvalue weighted by molar-refractivity contribution is -0.658. The van der Waals surface area contributed by atoms with Crippen LogP contribution in [0.3, 0.4) is 0 Å². The minimum Gasteiger partial charge on any atom is -0.508 e. The summed E-state index contributed by atoms with van der Waals surface area (Å²) in [5, 5.41) is 13.1. The van der Waals surface area contributed by atoms with E-state index in [9.17, 15) is 9.90 Å². The van der Waals surface area contributed by atoms with Gasteiger partial charge in [-0.3, -0.25) is 4.79 Å². The molecular weight excluding hydrogens is 376 g/mol. The Bertz CT molecular complexity index is 980. The van der Waals surface area contributed by atoms with Gasteiger partial charge in [0, 0.05) is 29.4 Å². The second-order valence-corrected chi connectivity index (χ2v) is 10.0. The number of fused-ring (bicyclic) bond motifs is 3. The van der Waals surface area contributed by atoms with E-state index in [1.807, 2.05) is 18.3 Å². The second kappa shape index (κ2) is 7.45. The molecule has 4 N–H and O–H groups in total. The maximum atomic E-state index is 12.7. The third-order valence-corrected chi connectivity index (χ3v) is 8.11. The number of carbonyl (C=O) groups is 1. The minimum absolute atomic E-state index is 0.00119. The molecule has 0 bridgehead atoms. The van der Waals surface area contributed by atoms with E-state index < -0.39 is 0 Å². The predicted octanol–water partition coefficient (Wildman–Crippen LogP) is 3.29. The monoisotopic (exact) mass is 409 g/mol. The maximum absolute atomic E-state index is 12.7. The number of phenolic OH excluding ortho intramolecular Hbond substituents is 1. The van der Waals surface area contributed by atoms with Crippen molar-refractivity contribution in [1.29, 1.82) is 0 Å². The number of nitrogens with two attached hydrogens (primary N) is 1. The van der Waals surface area contributed by atoms with Crippen molar-refractivity contribution in [1.82, 2.24) is 4.98 Å². The van der Waals surface area contributed by atoms with Crippen molar-refractivity contribution in [3.05, 3.63) is 42.1 Å². The highest BCUT2D eigenvalue weighted by Gasteiger charge is 2.55. The molecule has 1 aliphatic heterocycles. The fraction of sp³-hybridized carbons (Fsp3) is 0.560. The van der Waals surface area contributed by atoms with Gasteiger partial charge in [0.25, 0.3) is 0 Å². The zero-order chi connectivity index (χ0) is 20.9. The third-order valence-electron chi connectivity index (χ3n) is 8.11. The Labute approximate surface area is 177 Å². The summed E-state index contributed by atoms with van der Waals surface area (Å²) in [5.41, 5.74) is 3.90. The van der Waals surface area contributed by atoms with Crippen LogP contribution in [0.5, 0.6) is 5.75 Å². The van der Waals surface area contributed by atoms with Gasteiger partial charge in [-0.25, -0.2) is 0 Å². The molecule has 0 unspecified atom stereocenters. The van der Waals surface area contributed by atoms with Crippen molar-refractivity contribution in [2.75, 3.05) is 13.1 Å². The number of aromatic amines is 1. The summed E-state index contributed by atoms with van der Waals surface area (Å²) < 4.78 is 5.88. The average molecular weight is 410 g/mol. The molecule has 2 heterocycles. The topological polar surface area (TPSA) is 78.9 Å². The summed E-state index contributed by atoms with van der Waals surface area (Å²) in [6.45, 7) is 8.47. The van der Waals surface area contributed by atoms with E-state index in [0.717, 1.165) is 49.7 Å². The summed E-state index contributed by atoms with van der Waals surface area (Å²) in [4.78, 5) is 15.9. The molecule has 3 aliphatic rings. The maximum Gasteiger partial charge on any atom is 0.315 e. The number of allylic oxidation sites excluding steroid dienone is 1. The van der Waals surface area contributed by atoms with Crippen LogP contribution in [0.4, 0.5) is 0 Å². The lowest BCUT2D eigenvalue weighted by Gasteiger charge is -2.49. The van der Waals surface area contributed by atoms with Crippen molar-refractivity contribution in [3.8, 4) is 5.75 Å². The highest BCUT2D eigenvalue weighted by molar-refractivity contribution is 5.84. The number of H-pyrrole nitrogens is 1. The van der Waals surface area contributed by atoms with Crippen LogP contribution in [-0.4, -0.2) is 35.3 Å². The van der Waals surface area contributed by atoms with Gasteiger partial charge in [0.15, 0.2) is 0 Å². The number of esters is 1. The number of phenols is 1. The molecule has 1 aromatic heterocycles. The first-order chi connectivity index (χ1) is 14.4. The Kier molecular flexibility index (Phi) is 4.89. The Morgan fingerprint density at radius 3 is 3.13 bits per heavy atom. The van der Waals surface area contributed by atoms with Gasteiger partial charge in [-0.1, -0.05) is 19.1 Å². The Balaban J connectivity index is 1.21. The zero-order valence-electron chi connectivity index (χ0n) is 17.8. The summed E-state index contributed by atoms with van der Waals surface area (Å²) in [7, 11) is 0. The second-order valence-electron chi connectivity index (χ2n) is 10.0. The number of hydrogen-bond acceptors (Lipinski definition) is 3. The minimum atomic E-state index is 0.00119. The van der Waals surface area contributed by atoms with Crippen LogP contribution in [0.2, 0.25) is 0 Å². The van der Waals surface area contributed by atoms with Gasteiger partial charge in [0.2, 0.25) is 0 Å². The first kappa shape index (κ1) is 19.7. The quantitative estimate of drug-likeness (QED) is 0.403. The molecule has 160 valence electrons. The number of ether oxygens (including phenoxy) is 1. The molecule has 2 aromatic rings. The van der Waals surface area contributed by atoms with Crippen LogP contribution >= 0.6 is 0 Å². The van der Waals surface area contributed by atoms with E-state index >= 15 is 0 Å². The summed E-state index contributed by atoms with van der Waals surface area (Å²) in [6.07, 6.45) is 8.68. The van der Waals surface area contributed by atoms with Crippen LogP contribution in [0, 0.1) is 23.2 Å². The van der Waals surface area contributed by atoms with Gasteiger partial charge in [-0.05, 0) is 67.2 Å². The van der Waals surface area contributed by atoms with Gasteiger partial charge in [0.05, 0.1) is 13.1 Å². The zero-order valence-corrected chi connectivity index (χ0v) is 17.8. The normalized spacial score (nSPS) is 33.4. The van der Waals surface area contributed by atoms with Gasteiger partial charge in [-0.2, -0.15) is 0 Å². The Hall–Kier alpha value is -2.27. The van der Waals surface area contributed by atoms with Gasteiger partial charge < -0.3 is 20.1 Å². The van der Waals surface area contributed by atoms with Crippen LogP contribution < -0.4 is 5.32 Å². The van der Waals surface area contributed by atoms with Crippen molar-refractivity contribution in [2.45, 2.75) is 51.6 Å². The molecule has 5 rings (SSSR count). The average Bonchev–Trinajstić information content (AvgIpc) is 3.23. The van der Waals surface area contributed by atoms with Gasteiger partial charge in [0.1, 0.15) is 17.8 Å². The molecule has 0 radical (unpaired) electrons. The Morgan fingerprint density at radius 1 is 1.40 bits per heavy atom. The molecule has 1 aromatic carbocycles. The van der Waals surface area contributed by atoms with Gasteiger partial charge in [-0.15, -0.1) is 0 Å². The van der Waals surface area contributed by atoms with Crippen LogP contribution in [0.15, 0.2) is 36.5 Å². The molecular formula is C25H33N2O3+. The largest absolute Gasteiger partial charge is 0.508 e. The van der Waals surface area contributed by atoms with E-state index in [0.29, 0.717) is 17.6 Å². The Morgan fingerprint density at radius 2 is 2.27 bits per heavy atom.